The molecule has 0 N–H and O–H groups in total. The summed E-state index contributed by atoms with van der Waals surface area (Å²) in [5.74, 6) is 0.849. The minimum absolute atomic E-state index is 0.800. The number of likely N-dealkylation sites (N-methyl/N-ethyl adjacent to an activating group) is 1. The van der Waals surface area contributed by atoms with Crippen LogP contribution in [0, 0.1) is 5.92 Å². The van der Waals surface area contributed by atoms with Gasteiger partial charge in [0.05, 0.1) is 0 Å². The van der Waals surface area contributed by atoms with Crippen LogP contribution >= 0.6 is 0 Å². The second-order valence-electron chi connectivity index (χ2n) is 5.18. The lowest BCUT2D eigenvalue weighted by atomic mass is 9.94. The van der Waals surface area contributed by atoms with E-state index in [1.165, 1.54) is 38.9 Å². The number of piperazine rings is 1. The van der Waals surface area contributed by atoms with Crippen LogP contribution in [0.2, 0.25) is 0 Å². The second kappa shape index (κ2) is 4.19. The van der Waals surface area contributed by atoms with Crippen molar-refractivity contribution in [3.05, 3.63) is 0 Å². The number of hydrogen-bond acceptors (Lipinski definition) is 2. The summed E-state index contributed by atoms with van der Waals surface area (Å²) < 4.78 is 0. The van der Waals surface area contributed by atoms with Crippen LogP contribution in [0.5, 0.6) is 0 Å². The Morgan fingerprint density at radius 1 is 1.36 bits per heavy atom. The minimum Gasteiger partial charge on any atom is -0.300 e. The molecule has 0 aromatic carbocycles. The van der Waals surface area contributed by atoms with Gasteiger partial charge in [-0.2, -0.15) is 0 Å². The molecule has 2 aliphatic heterocycles. The van der Waals surface area contributed by atoms with Gasteiger partial charge in [0.25, 0.3) is 0 Å². The van der Waals surface area contributed by atoms with Gasteiger partial charge >= 0.3 is 0 Å². The van der Waals surface area contributed by atoms with Crippen molar-refractivity contribution in [2.24, 2.45) is 5.92 Å². The minimum atomic E-state index is 0.800. The Hall–Kier alpha value is -0.0800. The third-order valence-corrected chi connectivity index (χ3v) is 4.29. The van der Waals surface area contributed by atoms with Gasteiger partial charge in [-0.3, -0.25) is 4.90 Å². The smallest absolute Gasteiger partial charge is 0.0246 e. The van der Waals surface area contributed by atoms with E-state index in [9.17, 15) is 0 Å². The third kappa shape index (κ3) is 1.82. The van der Waals surface area contributed by atoms with E-state index < -0.39 is 0 Å². The van der Waals surface area contributed by atoms with Crippen molar-refractivity contribution in [1.29, 1.82) is 0 Å². The van der Waals surface area contributed by atoms with Gasteiger partial charge in [-0.1, -0.05) is 20.3 Å². The van der Waals surface area contributed by atoms with Crippen molar-refractivity contribution < 1.29 is 0 Å². The average molecular weight is 196 g/mol. The lowest BCUT2D eigenvalue weighted by molar-refractivity contribution is 0.0432. The largest absolute Gasteiger partial charge is 0.300 e. The molecular weight excluding hydrogens is 172 g/mol. The summed E-state index contributed by atoms with van der Waals surface area (Å²) in [6.07, 6.45) is 4.16. The van der Waals surface area contributed by atoms with Gasteiger partial charge in [0.2, 0.25) is 0 Å². The van der Waals surface area contributed by atoms with Gasteiger partial charge in [-0.05, 0) is 32.4 Å². The van der Waals surface area contributed by atoms with Gasteiger partial charge in [0.1, 0.15) is 0 Å². The van der Waals surface area contributed by atoms with Crippen LogP contribution in [0.4, 0.5) is 0 Å². The van der Waals surface area contributed by atoms with E-state index in [-0.39, 0.29) is 0 Å². The quantitative estimate of drug-likeness (QED) is 0.664. The van der Waals surface area contributed by atoms with Gasteiger partial charge in [-0.15, -0.1) is 0 Å². The van der Waals surface area contributed by atoms with Gasteiger partial charge in [0.15, 0.2) is 0 Å². The van der Waals surface area contributed by atoms with Crippen LogP contribution in [0.3, 0.4) is 0 Å². The first kappa shape index (κ1) is 10.4. The molecule has 82 valence electrons. The maximum absolute atomic E-state index is 2.72. The van der Waals surface area contributed by atoms with Gasteiger partial charge in [0, 0.05) is 25.2 Å². The molecule has 0 aromatic rings. The molecule has 2 rings (SSSR count). The van der Waals surface area contributed by atoms with E-state index in [0.717, 1.165) is 18.0 Å². The van der Waals surface area contributed by atoms with Crippen LogP contribution in [-0.2, 0) is 0 Å². The molecular formula is C12H24N2. The van der Waals surface area contributed by atoms with Crippen molar-refractivity contribution >= 4 is 0 Å². The fourth-order valence-electron chi connectivity index (χ4n) is 3.08. The molecule has 2 nitrogen and oxygen atoms in total. The van der Waals surface area contributed by atoms with Crippen molar-refractivity contribution in [1.82, 2.24) is 9.80 Å². The number of rotatable bonds is 2. The van der Waals surface area contributed by atoms with Crippen LogP contribution in [0.15, 0.2) is 0 Å². The number of hydrogen-bond donors (Lipinski definition) is 0. The third-order valence-electron chi connectivity index (χ3n) is 4.29. The molecule has 14 heavy (non-hydrogen) atoms. The van der Waals surface area contributed by atoms with Crippen molar-refractivity contribution in [3.63, 3.8) is 0 Å². The van der Waals surface area contributed by atoms with Crippen LogP contribution < -0.4 is 0 Å². The van der Waals surface area contributed by atoms with Crippen LogP contribution in [0.25, 0.3) is 0 Å². The number of nitrogens with zero attached hydrogens (tertiary/aromatic N) is 2. The molecule has 2 fully saturated rings. The molecule has 2 heteroatoms. The van der Waals surface area contributed by atoms with Crippen molar-refractivity contribution in [2.75, 3.05) is 26.7 Å². The normalized spacial score (nSPS) is 37.1. The molecule has 0 aromatic heterocycles. The first-order valence-corrected chi connectivity index (χ1v) is 6.16. The highest BCUT2D eigenvalue weighted by Crippen LogP contribution is 2.27. The molecule has 3 atom stereocenters. The Labute approximate surface area is 88.3 Å². The van der Waals surface area contributed by atoms with E-state index >= 15 is 0 Å². The maximum Gasteiger partial charge on any atom is 0.0246 e. The Bertz CT molecular complexity index is 193. The van der Waals surface area contributed by atoms with Crippen molar-refractivity contribution in [2.45, 2.75) is 45.2 Å². The highest BCUT2D eigenvalue weighted by Gasteiger charge is 2.35. The average Bonchev–Trinajstić information content (AvgIpc) is 2.62. The topological polar surface area (TPSA) is 6.48 Å². The lowest BCUT2D eigenvalue weighted by Crippen LogP contribution is -2.56. The van der Waals surface area contributed by atoms with Crippen molar-refractivity contribution in [3.8, 4) is 0 Å². The predicted octanol–water partition coefficient (Wildman–Crippen LogP) is 1.81. The summed E-state index contributed by atoms with van der Waals surface area (Å²) in [6, 6.07) is 1.68. The summed E-state index contributed by atoms with van der Waals surface area (Å²) in [5.41, 5.74) is 0. The lowest BCUT2D eigenvalue weighted by Gasteiger charge is -2.44. The number of fused-ring (bicyclic) bond motifs is 1. The monoisotopic (exact) mass is 196 g/mol. The Morgan fingerprint density at radius 3 is 2.86 bits per heavy atom. The van der Waals surface area contributed by atoms with E-state index in [1.807, 2.05) is 0 Å². The SMILES string of the molecule is CC[C@H](C)[C@H]1CN2CCC[C@H]2CN1C. The zero-order valence-corrected chi connectivity index (χ0v) is 9.87. The molecule has 2 heterocycles. The molecule has 0 amide bonds. The highest BCUT2D eigenvalue weighted by atomic mass is 15.3. The fourth-order valence-corrected chi connectivity index (χ4v) is 3.08. The van der Waals surface area contributed by atoms with E-state index in [4.69, 9.17) is 0 Å². The second-order valence-corrected chi connectivity index (χ2v) is 5.18. The Morgan fingerprint density at radius 2 is 2.14 bits per heavy atom. The molecule has 0 spiro atoms. The van der Waals surface area contributed by atoms with E-state index in [0.29, 0.717) is 0 Å². The summed E-state index contributed by atoms with van der Waals surface area (Å²) in [7, 11) is 2.31. The molecule has 2 aliphatic rings. The van der Waals surface area contributed by atoms with Crippen LogP contribution in [-0.4, -0.2) is 48.6 Å². The van der Waals surface area contributed by atoms with Gasteiger partial charge in [-0.25, -0.2) is 0 Å². The van der Waals surface area contributed by atoms with Crippen LogP contribution in [0.1, 0.15) is 33.1 Å². The van der Waals surface area contributed by atoms with E-state index in [1.54, 1.807) is 0 Å². The molecule has 0 saturated carbocycles. The standard InChI is InChI=1S/C12H24N2/c1-4-10(2)12-9-14-7-5-6-11(14)8-13(12)3/h10-12H,4-9H2,1-3H3/t10-,11-,12+/m0/s1. The summed E-state index contributed by atoms with van der Waals surface area (Å²) in [4.78, 5) is 5.32. The van der Waals surface area contributed by atoms with E-state index in [2.05, 4.69) is 30.7 Å². The fraction of sp³-hybridized carbons (Fsp3) is 1.00. The summed E-state index contributed by atoms with van der Waals surface area (Å²) in [6.45, 7) is 8.68. The first-order chi connectivity index (χ1) is 6.72. The molecule has 0 bridgehead atoms. The predicted molar refractivity (Wildman–Crippen MR) is 60.5 cm³/mol. The zero-order valence-electron chi connectivity index (χ0n) is 9.87. The Kier molecular flexibility index (Phi) is 3.13. The molecule has 0 radical (unpaired) electrons. The summed E-state index contributed by atoms with van der Waals surface area (Å²) >= 11 is 0. The molecule has 0 unspecified atom stereocenters. The molecule has 0 aliphatic carbocycles. The zero-order chi connectivity index (χ0) is 10.1. The molecule has 2 saturated heterocycles. The van der Waals surface area contributed by atoms with Gasteiger partial charge < -0.3 is 4.90 Å². The summed E-state index contributed by atoms with van der Waals surface area (Å²) in [5, 5.41) is 0. The first-order valence-electron chi connectivity index (χ1n) is 6.16. The highest BCUT2D eigenvalue weighted by molar-refractivity contribution is 4.92. The maximum atomic E-state index is 2.72. The Balaban J connectivity index is 1.99.